The summed E-state index contributed by atoms with van der Waals surface area (Å²) in [7, 11) is 4.16. The summed E-state index contributed by atoms with van der Waals surface area (Å²) in [6.45, 7) is -0.0258. The van der Waals surface area contributed by atoms with Gasteiger partial charge in [0.15, 0.2) is 0 Å². The highest BCUT2D eigenvalue weighted by atomic mass is 35.5. The molecule has 0 unspecified atom stereocenters. The first-order valence-electron chi connectivity index (χ1n) is 8.55. The highest BCUT2D eigenvalue weighted by molar-refractivity contribution is 6.32. The number of benzene rings is 2. The highest BCUT2D eigenvalue weighted by Gasteiger charge is 2.19. The molecule has 0 spiro atoms. The molecule has 0 atom stereocenters. The van der Waals surface area contributed by atoms with Crippen molar-refractivity contribution in [2.75, 3.05) is 27.9 Å². The van der Waals surface area contributed by atoms with Gasteiger partial charge in [0.05, 0.1) is 27.1 Å². The van der Waals surface area contributed by atoms with Crippen LogP contribution in [-0.2, 0) is 30.4 Å². The molecule has 0 fully saturated rings. The molecular formula is C21H21ClFNO5. The van der Waals surface area contributed by atoms with Crippen LogP contribution in [0.3, 0.4) is 0 Å². The van der Waals surface area contributed by atoms with Gasteiger partial charge in [-0.3, -0.25) is 0 Å². The number of ether oxygens (including phenoxy) is 3. The summed E-state index contributed by atoms with van der Waals surface area (Å²) in [5.74, 6) is -1.04. The molecule has 0 saturated carbocycles. The number of hydrogen-bond acceptors (Lipinski definition) is 6. The van der Waals surface area contributed by atoms with Gasteiger partial charge in [0.25, 0.3) is 0 Å². The standard InChI is InChI=1S/C21H21ClFNO5/c1-26-11-17(21(25)28-3)14-8-6-9-18(22)16(14)12-29-24-20(13-27-2)15-7-4-5-10-19(15)23/h4-11H,12-13H2,1-3H3/b17-11+,24-20+. The third-order valence-corrected chi connectivity index (χ3v) is 4.25. The smallest absolute Gasteiger partial charge is 0.341 e. The van der Waals surface area contributed by atoms with Crippen LogP contribution in [0.5, 0.6) is 0 Å². The summed E-state index contributed by atoms with van der Waals surface area (Å²) in [6.07, 6.45) is 1.26. The van der Waals surface area contributed by atoms with Crippen molar-refractivity contribution >= 4 is 28.9 Å². The molecule has 0 heterocycles. The van der Waals surface area contributed by atoms with E-state index in [1.54, 1.807) is 36.4 Å². The molecule has 2 rings (SSSR count). The van der Waals surface area contributed by atoms with Crippen LogP contribution < -0.4 is 0 Å². The number of esters is 1. The lowest BCUT2D eigenvalue weighted by molar-refractivity contribution is -0.133. The Bertz CT molecular complexity index is 914. The van der Waals surface area contributed by atoms with E-state index in [1.165, 1.54) is 33.7 Å². The van der Waals surface area contributed by atoms with Crippen LogP contribution in [0.15, 0.2) is 53.9 Å². The molecule has 0 aromatic heterocycles. The third kappa shape index (κ3) is 5.79. The fourth-order valence-corrected chi connectivity index (χ4v) is 2.80. The SMILES string of the molecule is CO/C=C(/C(=O)OC)c1cccc(Cl)c1CO/N=C(\COC)c1ccccc1F. The minimum atomic E-state index is -0.592. The molecule has 0 bridgehead atoms. The molecule has 0 N–H and O–H groups in total. The summed E-state index contributed by atoms with van der Waals surface area (Å²) in [5, 5.41) is 4.38. The van der Waals surface area contributed by atoms with E-state index in [2.05, 4.69) is 5.16 Å². The molecule has 0 amide bonds. The Hall–Kier alpha value is -2.90. The van der Waals surface area contributed by atoms with Crippen LogP contribution in [0.25, 0.3) is 5.57 Å². The van der Waals surface area contributed by atoms with Gasteiger partial charge in [-0.2, -0.15) is 0 Å². The lowest BCUT2D eigenvalue weighted by atomic mass is 10.0. The Morgan fingerprint density at radius 3 is 2.48 bits per heavy atom. The fourth-order valence-electron chi connectivity index (χ4n) is 2.57. The molecule has 8 heteroatoms. The minimum Gasteiger partial charge on any atom is -0.503 e. The number of nitrogens with zero attached hydrogens (tertiary/aromatic N) is 1. The molecule has 6 nitrogen and oxygen atoms in total. The fraction of sp³-hybridized carbons (Fsp3) is 0.238. The molecule has 0 aliphatic carbocycles. The second-order valence-electron chi connectivity index (χ2n) is 5.75. The van der Waals surface area contributed by atoms with Crippen molar-refractivity contribution in [3.63, 3.8) is 0 Å². The van der Waals surface area contributed by atoms with Crippen molar-refractivity contribution in [2.24, 2.45) is 5.16 Å². The Morgan fingerprint density at radius 1 is 1.10 bits per heavy atom. The second-order valence-corrected chi connectivity index (χ2v) is 6.16. The Kier molecular flexibility index (Phi) is 8.64. The van der Waals surface area contributed by atoms with E-state index in [-0.39, 0.29) is 30.1 Å². The van der Waals surface area contributed by atoms with Crippen LogP contribution in [-0.4, -0.2) is 39.6 Å². The maximum absolute atomic E-state index is 14.1. The van der Waals surface area contributed by atoms with Gasteiger partial charge in [-0.15, -0.1) is 0 Å². The van der Waals surface area contributed by atoms with Crippen molar-refractivity contribution in [1.82, 2.24) is 0 Å². The monoisotopic (exact) mass is 421 g/mol. The van der Waals surface area contributed by atoms with E-state index in [0.717, 1.165) is 0 Å². The van der Waals surface area contributed by atoms with E-state index >= 15 is 0 Å². The Morgan fingerprint density at radius 2 is 1.83 bits per heavy atom. The zero-order valence-electron chi connectivity index (χ0n) is 16.3. The zero-order chi connectivity index (χ0) is 21.2. The third-order valence-electron chi connectivity index (χ3n) is 3.90. The van der Waals surface area contributed by atoms with Gasteiger partial charge in [0, 0.05) is 28.8 Å². The van der Waals surface area contributed by atoms with Crippen LogP contribution in [0.4, 0.5) is 4.39 Å². The van der Waals surface area contributed by atoms with Crippen LogP contribution in [0, 0.1) is 5.82 Å². The van der Waals surface area contributed by atoms with Crippen molar-refractivity contribution in [3.05, 3.63) is 76.3 Å². The number of carbonyl (C=O) groups is 1. The van der Waals surface area contributed by atoms with Gasteiger partial charge in [-0.05, 0) is 18.2 Å². The van der Waals surface area contributed by atoms with E-state index in [4.69, 9.17) is 30.6 Å². The normalized spacial score (nSPS) is 11.9. The predicted molar refractivity (Wildman–Crippen MR) is 108 cm³/mol. The number of oxime groups is 1. The first-order valence-corrected chi connectivity index (χ1v) is 8.93. The lowest BCUT2D eigenvalue weighted by Gasteiger charge is -2.13. The van der Waals surface area contributed by atoms with E-state index in [0.29, 0.717) is 16.1 Å². The second kappa shape index (κ2) is 11.2. The summed E-state index contributed by atoms with van der Waals surface area (Å²) >= 11 is 6.31. The van der Waals surface area contributed by atoms with Gasteiger partial charge in [-0.1, -0.05) is 41.0 Å². The highest BCUT2D eigenvalue weighted by Crippen LogP contribution is 2.28. The Labute approximate surface area is 173 Å². The summed E-state index contributed by atoms with van der Waals surface area (Å²) in [4.78, 5) is 17.6. The quantitative estimate of drug-likeness (QED) is 0.199. The van der Waals surface area contributed by atoms with Crippen molar-refractivity contribution in [1.29, 1.82) is 0 Å². The van der Waals surface area contributed by atoms with Crippen LogP contribution in [0.2, 0.25) is 5.02 Å². The number of methoxy groups -OCH3 is 3. The lowest BCUT2D eigenvalue weighted by Crippen LogP contribution is -2.12. The first kappa shape index (κ1) is 22.4. The maximum atomic E-state index is 14.1. The van der Waals surface area contributed by atoms with Gasteiger partial charge < -0.3 is 19.0 Å². The van der Waals surface area contributed by atoms with Crippen LogP contribution in [0.1, 0.15) is 16.7 Å². The van der Waals surface area contributed by atoms with Gasteiger partial charge in [0.2, 0.25) is 0 Å². The average Bonchev–Trinajstić information content (AvgIpc) is 2.72. The predicted octanol–water partition coefficient (Wildman–Crippen LogP) is 4.21. The van der Waals surface area contributed by atoms with Crippen LogP contribution >= 0.6 is 11.6 Å². The molecule has 0 saturated heterocycles. The van der Waals surface area contributed by atoms with Crippen molar-refractivity contribution in [3.8, 4) is 0 Å². The molecule has 29 heavy (non-hydrogen) atoms. The largest absolute Gasteiger partial charge is 0.503 e. The average molecular weight is 422 g/mol. The van der Waals surface area contributed by atoms with Gasteiger partial charge in [-0.25, -0.2) is 9.18 Å². The molecule has 154 valence electrons. The summed E-state index contributed by atoms with van der Waals surface area (Å²) in [5.41, 5.74) is 1.69. The van der Waals surface area contributed by atoms with Crippen molar-refractivity contribution in [2.45, 2.75) is 6.61 Å². The van der Waals surface area contributed by atoms with Gasteiger partial charge in [0.1, 0.15) is 23.7 Å². The van der Waals surface area contributed by atoms with Gasteiger partial charge >= 0.3 is 5.97 Å². The number of hydrogen-bond donors (Lipinski definition) is 0. The number of rotatable bonds is 9. The van der Waals surface area contributed by atoms with E-state index in [9.17, 15) is 9.18 Å². The molecule has 2 aromatic rings. The summed E-state index contributed by atoms with van der Waals surface area (Å²) < 4.78 is 29.0. The minimum absolute atomic E-state index is 0.0489. The molecule has 0 radical (unpaired) electrons. The zero-order valence-corrected chi connectivity index (χ0v) is 17.0. The molecule has 0 aliphatic rings. The maximum Gasteiger partial charge on any atom is 0.341 e. The van der Waals surface area contributed by atoms with Crippen molar-refractivity contribution < 1.29 is 28.2 Å². The first-order chi connectivity index (χ1) is 14.0. The molecule has 2 aromatic carbocycles. The summed E-state index contributed by atoms with van der Waals surface area (Å²) in [6, 6.07) is 11.2. The number of carbonyl (C=O) groups excluding carboxylic acids is 1. The Balaban J connectivity index is 2.34. The molecular weight excluding hydrogens is 401 g/mol. The van der Waals surface area contributed by atoms with E-state index < -0.39 is 11.8 Å². The topological polar surface area (TPSA) is 66.4 Å². The molecule has 0 aliphatic heterocycles. The number of halogens is 2. The van der Waals surface area contributed by atoms with E-state index in [1.807, 2.05) is 0 Å².